The molecule has 0 unspecified atom stereocenters. The van der Waals surface area contributed by atoms with Gasteiger partial charge in [-0.1, -0.05) is 11.6 Å². The number of carboxylic acids is 1. The summed E-state index contributed by atoms with van der Waals surface area (Å²) in [5.74, 6) is -5.94. The number of carbonyl (C=O) groups is 6. The second kappa shape index (κ2) is 48.1. The van der Waals surface area contributed by atoms with Gasteiger partial charge in [0.25, 0.3) is 30.2 Å². The zero-order chi connectivity index (χ0) is 94.4. The first-order chi connectivity index (χ1) is 58.8. The molecule has 5 heterocycles. The standard InChI is InChI=1S/C15H14ClN3O5.C15H16N4O5.C15H15N3O6.C13H12N4O5.C9H9NO6.C6H8N2O.Cl5P.H3N/c1-23-12-7-9(6-11(19(21)22)14(12)24-2)13(16)10(8-17)15(20)18-4-3-5-18;1-23-12-7-9(6-11(19(21)22)14(12)24-2)13(17)10(8-16)15(20)18-4-3-5-18;1-23-12-7-9(6-11(18(21)22)14(12)24-2)13(19)10(8-16)15(20)17-4-3-5-17;14-6-8(13(20)16-2-1-3-16)11(15)7-4-9(17(21)22)12(19)10(18)5-7;1-15-7-4-5(9(11)12)3-6(10(13)14)8(7)16-2;1-7-5-6(9)8-3-2-4-8;1-6(2,3,4)5;/h6-7H,3-5H2,1-2H3;6-7H,3-5,17H2,1-2H3;6-7,19H,3-5H2,1-2H3;4-5,18-19H,1-3,15H2;3-4H,1-2H3,(H,11,12);2-5H2;;1H3/b3*13-10-;11-8-;;;;. The smallest absolute Gasteiger partial charge is 0.315 e. The number of ether oxygens (including phenoxy) is 8. The first-order valence-electron chi connectivity index (χ1n) is 35.2. The molecule has 11 N–H and O–H groups in total. The summed E-state index contributed by atoms with van der Waals surface area (Å²) in [6.45, 7) is 12.4. The van der Waals surface area contributed by atoms with Gasteiger partial charge < -0.3 is 105 Å². The minimum Gasteiger partial charge on any atom is -0.504 e. The number of hydrogen-bond acceptors (Lipinski definition) is 34. The molecule has 5 amide bonds. The van der Waals surface area contributed by atoms with E-state index in [-0.39, 0.29) is 137 Å². The molecule has 5 aliphatic heterocycles. The van der Waals surface area contributed by atoms with Gasteiger partial charge >= 0.3 is 99.9 Å². The van der Waals surface area contributed by atoms with Gasteiger partial charge in [-0.3, -0.25) is 74.5 Å². The van der Waals surface area contributed by atoms with E-state index in [1.54, 1.807) is 29.2 Å². The maximum atomic E-state index is 12.2. The first kappa shape index (κ1) is 106. The van der Waals surface area contributed by atoms with Crippen LogP contribution in [-0.4, -0.2) is 234 Å². The number of nitrogens with zero attached hydrogens (tertiary/aromatic N) is 15. The van der Waals surface area contributed by atoms with E-state index in [9.17, 15) is 110 Å². The van der Waals surface area contributed by atoms with Crippen molar-refractivity contribution < 1.29 is 112 Å². The quantitative estimate of drug-likeness (QED) is 0.00467. The Morgan fingerprint density at radius 1 is 0.429 bits per heavy atom. The number of rotatable bonds is 23. The molecule has 5 aromatic rings. The van der Waals surface area contributed by atoms with Crippen molar-refractivity contribution in [2.45, 2.75) is 32.1 Å². The van der Waals surface area contributed by atoms with E-state index in [0.717, 1.165) is 87.7 Å². The normalized spacial score (nSPS) is 13.9. The number of hydrogen-bond donors (Lipinski definition) is 7. The van der Waals surface area contributed by atoms with Gasteiger partial charge in [-0.05, 0) is 62.4 Å². The fourth-order valence-electron chi connectivity index (χ4n) is 10.6. The molecule has 53 heteroatoms. The zero-order valence-electron chi connectivity index (χ0n) is 67.5. The van der Waals surface area contributed by atoms with E-state index in [1.807, 2.05) is 0 Å². The number of aliphatic hydroxyl groups is 1. The van der Waals surface area contributed by atoms with Crippen LogP contribution in [0.2, 0.25) is 0 Å². The third kappa shape index (κ3) is 28.2. The summed E-state index contributed by atoms with van der Waals surface area (Å²) in [5.41, 5.74) is 7.36. The van der Waals surface area contributed by atoms with Crippen LogP contribution in [0.3, 0.4) is 0 Å². The summed E-state index contributed by atoms with van der Waals surface area (Å²) in [4.78, 5) is 132. The number of phenols is 2. The number of likely N-dealkylation sites (tertiary alicyclic amines) is 5. The van der Waals surface area contributed by atoms with Crippen LogP contribution in [0.1, 0.15) is 64.7 Å². The zero-order valence-corrected chi connectivity index (χ0v) is 72.9. The molecule has 126 heavy (non-hydrogen) atoms. The van der Waals surface area contributed by atoms with Gasteiger partial charge in [0.2, 0.25) is 28.7 Å². The van der Waals surface area contributed by atoms with E-state index >= 15 is 0 Å². The van der Waals surface area contributed by atoms with Crippen molar-refractivity contribution in [1.82, 2.24) is 30.7 Å². The molecule has 10 rings (SSSR count). The van der Waals surface area contributed by atoms with E-state index in [2.05, 4.69) is 4.85 Å². The Bertz CT molecular complexity index is 5100. The van der Waals surface area contributed by atoms with Gasteiger partial charge in [0.1, 0.15) is 46.8 Å². The number of aromatic hydroxyl groups is 2. The molecule has 5 aromatic carbocycles. The fraction of sp³-hybridized carbons (Fsp3) is 0.329. The molecule has 0 aromatic heterocycles. The van der Waals surface area contributed by atoms with Gasteiger partial charge in [0, 0.05) is 118 Å². The van der Waals surface area contributed by atoms with E-state index in [4.69, 9.17) is 134 Å². The summed E-state index contributed by atoms with van der Waals surface area (Å²) < 4.78 is 36.1. The molecule has 0 radical (unpaired) electrons. The van der Waals surface area contributed by atoms with Crippen LogP contribution in [0, 0.1) is 102 Å². The van der Waals surface area contributed by atoms with Gasteiger partial charge in [0.15, 0.2) is 34.3 Å². The molecule has 0 atom stereocenters. The number of nitro benzene ring substituents is 5. The summed E-state index contributed by atoms with van der Waals surface area (Å²) in [5, 5.41) is 130. The second-order valence-electron chi connectivity index (χ2n) is 25.1. The monoisotopic (exact) mass is 1890 g/mol. The van der Waals surface area contributed by atoms with Gasteiger partial charge in [0.05, 0.1) is 103 Å². The van der Waals surface area contributed by atoms with Crippen molar-refractivity contribution >= 4 is 157 Å². The molecule has 0 bridgehead atoms. The average molecular weight is 1900 g/mol. The number of aromatic carboxylic acids is 1. The fourth-order valence-corrected chi connectivity index (χ4v) is 10.9. The largest absolute Gasteiger partial charge is 0.504 e. The van der Waals surface area contributed by atoms with Crippen LogP contribution in [0.25, 0.3) is 27.0 Å². The molecular weight excluding hydrogens is 1820 g/mol. The number of carboxylic acid groups (broad SMARTS) is 1. The maximum Gasteiger partial charge on any atom is 0.315 e. The average Bonchev–Trinajstić information content (AvgIpc) is 0.751. The Kier molecular flexibility index (Phi) is 40.4. The topological polar surface area (TPSA) is 676 Å². The molecular formula is C73H77Cl6N18O28P. The number of aliphatic hydroxyl groups excluding tert-OH is 1. The Hall–Kier alpha value is -14.1. The van der Waals surface area contributed by atoms with Crippen LogP contribution in [0.15, 0.2) is 83.0 Å². The van der Waals surface area contributed by atoms with Gasteiger partial charge in [-0.2, -0.15) is 21.0 Å². The van der Waals surface area contributed by atoms with Crippen molar-refractivity contribution in [2.24, 2.45) is 11.5 Å². The summed E-state index contributed by atoms with van der Waals surface area (Å²) in [7, 11) is 10.2. The summed E-state index contributed by atoms with van der Waals surface area (Å²) in [6, 6.07) is 18.2. The van der Waals surface area contributed by atoms with Crippen LogP contribution in [-0.2, 0) is 24.0 Å². The number of halogens is 6. The number of nitrogens with two attached hydrogens (primary N) is 2. The Morgan fingerprint density at radius 2 is 0.683 bits per heavy atom. The van der Waals surface area contributed by atoms with Crippen molar-refractivity contribution in [1.29, 1.82) is 21.0 Å². The molecule has 5 saturated heterocycles. The van der Waals surface area contributed by atoms with Crippen molar-refractivity contribution in [3.05, 3.63) is 173 Å². The Balaban J connectivity index is 0.000000391. The minimum atomic E-state index is -3.69. The Labute approximate surface area is 743 Å². The van der Waals surface area contributed by atoms with Crippen molar-refractivity contribution in [3.63, 3.8) is 0 Å². The number of benzene rings is 5. The molecule has 0 spiro atoms. The molecule has 46 nitrogen and oxygen atoms in total. The number of phenolic OH excluding ortho intramolecular Hbond substituents is 2. The Morgan fingerprint density at radius 3 is 0.952 bits per heavy atom. The summed E-state index contributed by atoms with van der Waals surface area (Å²) >= 11 is 31.1. The van der Waals surface area contributed by atoms with Crippen LogP contribution >= 0.6 is 71.2 Å². The third-order valence-corrected chi connectivity index (χ3v) is 18.0. The van der Waals surface area contributed by atoms with E-state index in [0.29, 0.717) is 52.4 Å². The van der Waals surface area contributed by atoms with E-state index < -0.39 is 97.5 Å². The second-order valence-corrected chi connectivity index (χ2v) is 42.1. The molecule has 5 fully saturated rings. The van der Waals surface area contributed by atoms with E-state index in [1.165, 1.54) is 94.7 Å². The number of methoxy groups -OCH3 is 8. The number of nitriles is 4. The van der Waals surface area contributed by atoms with Crippen molar-refractivity contribution in [2.75, 3.05) is 129 Å². The molecule has 0 aliphatic carbocycles. The van der Waals surface area contributed by atoms with Crippen molar-refractivity contribution in [3.8, 4) is 81.8 Å². The van der Waals surface area contributed by atoms with Crippen LogP contribution < -0.4 is 55.5 Å². The van der Waals surface area contributed by atoms with Crippen LogP contribution in [0.4, 0.5) is 28.4 Å². The number of carbonyl (C=O) groups excluding carboxylic acids is 5. The molecule has 674 valence electrons. The molecule has 5 aliphatic rings. The SMILES string of the molecule is COc1cc(/C(Cl)=C(\C#N)C(=O)N2CCC2)cc([N+](=O)[O-])c1OC.COc1cc(/C(N)=C(\C#N)C(=O)N2CCC2)cc([N+](=O)[O-])c1OC.COc1cc(/C(O)=C(\C#N)C(=O)N2CCC2)cc([N+](=O)[O-])c1OC.COc1cc(C(=O)O)cc([N+](=O)[O-])c1OC.ClP(Cl)(Cl)(Cl)Cl.N.N#C/C(C(=O)N1CCC1)=C(/N)c1cc(O)c(O)c([N+](=O)[O-])c1.[C-]#[N+]CC(=O)N1CCC1. The van der Waals surface area contributed by atoms with Gasteiger partial charge in [-0.15, -0.1) is 0 Å². The predicted octanol–water partition coefficient (Wildman–Crippen LogP) is 11.3. The minimum absolute atomic E-state index is 0. The third-order valence-electron chi connectivity index (χ3n) is 17.6. The number of nitro groups is 5. The number of amides is 5. The predicted molar refractivity (Wildman–Crippen MR) is 454 cm³/mol. The maximum absolute atomic E-state index is 12.2. The first-order valence-corrected chi connectivity index (χ1v) is 42.3. The van der Waals surface area contributed by atoms with Gasteiger partial charge in [-0.25, -0.2) is 11.4 Å². The van der Waals surface area contributed by atoms with Crippen LogP contribution in [0.5, 0.6) is 57.5 Å². The summed E-state index contributed by atoms with van der Waals surface area (Å²) in [6.07, 6.45) is 4.49. The molecule has 0 saturated carbocycles.